The fourth-order valence-electron chi connectivity index (χ4n) is 1.16. The average molecular weight is 174 g/mol. The molecule has 11 heavy (non-hydrogen) atoms. The van der Waals surface area contributed by atoms with E-state index in [1.165, 1.54) is 0 Å². The molecular formula is C7H14N2OS. The number of hydrogen-bond donors (Lipinski definition) is 1. The van der Waals surface area contributed by atoms with Crippen molar-refractivity contribution >= 4 is 17.7 Å². The van der Waals surface area contributed by atoms with E-state index < -0.39 is 0 Å². The minimum Gasteiger partial charge on any atom is -0.349 e. The van der Waals surface area contributed by atoms with Crippen LogP contribution < -0.4 is 5.73 Å². The van der Waals surface area contributed by atoms with Crippen LogP contribution in [0.25, 0.3) is 0 Å². The van der Waals surface area contributed by atoms with Crippen molar-refractivity contribution in [1.82, 2.24) is 4.90 Å². The van der Waals surface area contributed by atoms with Gasteiger partial charge in [0.25, 0.3) is 0 Å². The van der Waals surface area contributed by atoms with Crippen LogP contribution >= 0.6 is 11.8 Å². The van der Waals surface area contributed by atoms with E-state index in [1.807, 2.05) is 0 Å². The molecule has 1 heterocycles. The first-order chi connectivity index (χ1) is 5.13. The van der Waals surface area contributed by atoms with E-state index in [4.69, 9.17) is 5.73 Å². The second kappa shape index (κ2) is 3.45. The number of thioether (sulfide) groups is 1. The van der Waals surface area contributed by atoms with E-state index in [-0.39, 0.29) is 17.9 Å². The maximum absolute atomic E-state index is 11.4. The van der Waals surface area contributed by atoms with Crippen LogP contribution in [0.2, 0.25) is 0 Å². The van der Waals surface area contributed by atoms with Gasteiger partial charge in [-0.05, 0) is 0 Å². The van der Waals surface area contributed by atoms with Gasteiger partial charge in [-0.2, -0.15) is 11.8 Å². The van der Waals surface area contributed by atoms with Gasteiger partial charge >= 0.3 is 0 Å². The molecule has 2 atom stereocenters. The smallest absolute Gasteiger partial charge is 0.227 e. The number of carbonyl (C=O) groups is 1. The van der Waals surface area contributed by atoms with E-state index in [0.717, 1.165) is 11.5 Å². The molecule has 3 nitrogen and oxygen atoms in total. The van der Waals surface area contributed by atoms with E-state index in [2.05, 4.69) is 0 Å². The van der Waals surface area contributed by atoms with Gasteiger partial charge < -0.3 is 10.6 Å². The molecule has 64 valence electrons. The van der Waals surface area contributed by atoms with Gasteiger partial charge in [-0.3, -0.25) is 4.79 Å². The first-order valence-electron chi connectivity index (χ1n) is 3.67. The molecule has 2 unspecified atom stereocenters. The van der Waals surface area contributed by atoms with Gasteiger partial charge in [-0.15, -0.1) is 0 Å². The molecule has 1 aliphatic heterocycles. The number of carbonyl (C=O) groups excluding carboxylic acids is 1. The third-order valence-electron chi connectivity index (χ3n) is 1.88. The minimum absolute atomic E-state index is 0.0509. The standard InChI is InChI=1S/C7H14N2OS/c1-9(2)7(10)5-3-11-4-6(5)8/h5-6H,3-4,8H2,1-2H3. The molecule has 0 bridgehead atoms. The van der Waals surface area contributed by atoms with E-state index in [9.17, 15) is 4.79 Å². The number of hydrogen-bond acceptors (Lipinski definition) is 3. The second-order valence-electron chi connectivity index (χ2n) is 3.04. The lowest BCUT2D eigenvalue weighted by Gasteiger charge is -2.18. The lowest BCUT2D eigenvalue weighted by molar-refractivity contribution is -0.132. The maximum Gasteiger partial charge on any atom is 0.227 e. The van der Waals surface area contributed by atoms with Gasteiger partial charge in [0, 0.05) is 31.6 Å². The molecule has 1 rings (SSSR count). The summed E-state index contributed by atoms with van der Waals surface area (Å²) in [5, 5.41) is 0. The number of nitrogens with two attached hydrogens (primary N) is 1. The topological polar surface area (TPSA) is 46.3 Å². The highest BCUT2D eigenvalue weighted by atomic mass is 32.2. The van der Waals surface area contributed by atoms with Gasteiger partial charge in [0.05, 0.1) is 5.92 Å². The predicted molar refractivity (Wildman–Crippen MR) is 47.5 cm³/mol. The molecule has 0 saturated carbocycles. The molecule has 0 aliphatic carbocycles. The molecule has 2 N–H and O–H groups in total. The Balaban J connectivity index is 2.53. The summed E-state index contributed by atoms with van der Waals surface area (Å²) in [5.41, 5.74) is 5.75. The van der Waals surface area contributed by atoms with Crippen molar-refractivity contribution in [2.75, 3.05) is 25.6 Å². The lowest BCUT2D eigenvalue weighted by Crippen LogP contribution is -2.40. The van der Waals surface area contributed by atoms with Gasteiger partial charge in [0.2, 0.25) is 5.91 Å². The van der Waals surface area contributed by atoms with Crippen molar-refractivity contribution in [1.29, 1.82) is 0 Å². The summed E-state index contributed by atoms with van der Waals surface area (Å²) in [6.07, 6.45) is 0. The van der Waals surface area contributed by atoms with Crippen molar-refractivity contribution in [3.63, 3.8) is 0 Å². The van der Waals surface area contributed by atoms with Gasteiger partial charge in [0.15, 0.2) is 0 Å². The third kappa shape index (κ3) is 1.87. The molecule has 4 heteroatoms. The SMILES string of the molecule is CN(C)C(=O)C1CSCC1N. The average Bonchev–Trinajstić information content (AvgIpc) is 2.33. The Morgan fingerprint density at radius 1 is 1.55 bits per heavy atom. The summed E-state index contributed by atoms with van der Waals surface area (Å²) in [5.74, 6) is 2.03. The van der Waals surface area contributed by atoms with Crippen molar-refractivity contribution in [3.05, 3.63) is 0 Å². The van der Waals surface area contributed by atoms with Crippen molar-refractivity contribution in [3.8, 4) is 0 Å². The Bertz CT molecular complexity index is 161. The summed E-state index contributed by atoms with van der Waals surface area (Å²) < 4.78 is 0. The Labute approximate surface area is 71.3 Å². The van der Waals surface area contributed by atoms with Crippen molar-refractivity contribution in [2.24, 2.45) is 11.7 Å². The first-order valence-corrected chi connectivity index (χ1v) is 4.83. The molecule has 0 spiro atoms. The number of amides is 1. The Morgan fingerprint density at radius 2 is 2.18 bits per heavy atom. The summed E-state index contributed by atoms with van der Waals surface area (Å²) in [6.45, 7) is 0. The van der Waals surface area contributed by atoms with Crippen molar-refractivity contribution in [2.45, 2.75) is 6.04 Å². The van der Waals surface area contributed by atoms with E-state index >= 15 is 0 Å². The Kier molecular flexibility index (Phi) is 2.78. The van der Waals surface area contributed by atoms with Gasteiger partial charge in [-0.25, -0.2) is 0 Å². The van der Waals surface area contributed by atoms with Crippen LogP contribution in [0.4, 0.5) is 0 Å². The lowest BCUT2D eigenvalue weighted by atomic mass is 10.0. The van der Waals surface area contributed by atoms with E-state index in [1.54, 1.807) is 30.8 Å². The largest absolute Gasteiger partial charge is 0.349 e. The monoisotopic (exact) mass is 174 g/mol. The van der Waals surface area contributed by atoms with Crippen LogP contribution in [0.1, 0.15) is 0 Å². The van der Waals surface area contributed by atoms with Crippen LogP contribution in [0.5, 0.6) is 0 Å². The van der Waals surface area contributed by atoms with Gasteiger partial charge in [0.1, 0.15) is 0 Å². The molecule has 0 radical (unpaired) electrons. The first kappa shape index (κ1) is 8.87. The fraction of sp³-hybridized carbons (Fsp3) is 0.857. The zero-order chi connectivity index (χ0) is 8.43. The van der Waals surface area contributed by atoms with Gasteiger partial charge in [-0.1, -0.05) is 0 Å². The highest BCUT2D eigenvalue weighted by Crippen LogP contribution is 2.23. The number of nitrogens with zero attached hydrogens (tertiary/aromatic N) is 1. The third-order valence-corrected chi connectivity index (χ3v) is 3.10. The van der Waals surface area contributed by atoms with Crippen LogP contribution in [-0.2, 0) is 4.79 Å². The minimum atomic E-state index is 0.0509. The Hall–Kier alpha value is -0.220. The molecular weight excluding hydrogens is 160 g/mol. The normalized spacial score (nSPS) is 30.5. The highest BCUT2D eigenvalue weighted by Gasteiger charge is 2.31. The molecule has 0 aromatic carbocycles. The van der Waals surface area contributed by atoms with Crippen LogP contribution in [0.15, 0.2) is 0 Å². The second-order valence-corrected chi connectivity index (χ2v) is 4.12. The van der Waals surface area contributed by atoms with Crippen LogP contribution in [0.3, 0.4) is 0 Å². The molecule has 1 aliphatic rings. The summed E-state index contributed by atoms with van der Waals surface area (Å²) >= 11 is 1.76. The van der Waals surface area contributed by atoms with E-state index in [0.29, 0.717) is 0 Å². The molecule has 0 aromatic rings. The summed E-state index contributed by atoms with van der Waals surface area (Å²) in [7, 11) is 3.55. The highest BCUT2D eigenvalue weighted by molar-refractivity contribution is 7.99. The van der Waals surface area contributed by atoms with Crippen LogP contribution in [-0.4, -0.2) is 42.4 Å². The van der Waals surface area contributed by atoms with Crippen LogP contribution in [0, 0.1) is 5.92 Å². The van der Waals surface area contributed by atoms with Crippen molar-refractivity contribution < 1.29 is 4.79 Å². The number of rotatable bonds is 1. The fourth-order valence-corrected chi connectivity index (χ4v) is 2.44. The molecule has 1 fully saturated rings. The zero-order valence-corrected chi connectivity index (χ0v) is 7.73. The molecule has 1 saturated heterocycles. The molecule has 1 amide bonds. The molecule has 0 aromatic heterocycles. The predicted octanol–water partition coefficient (Wildman–Crippen LogP) is -0.235. The zero-order valence-electron chi connectivity index (χ0n) is 6.91. The quantitative estimate of drug-likeness (QED) is 0.597. The summed E-state index contributed by atoms with van der Waals surface area (Å²) in [6, 6.07) is 0.0647. The Morgan fingerprint density at radius 3 is 2.55 bits per heavy atom. The maximum atomic E-state index is 11.4. The summed E-state index contributed by atoms with van der Waals surface area (Å²) in [4.78, 5) is 13.0.